The zero-order valence-corrected chi connectivity index (χ0v) is 11.9. The van der Waals surface area contributed by atoms with Crippen LogP contribution in [0.3, 0.4) is 0 Å². The summed E-state index contributed by atoms with van der Waals surface area (Å²) in [7, 11) is 0. The van der Waals surface area contributed by atoms with E-state index < -0.39 is 0 Å². The SMILES string of the molecule is Cc1cc(Cl)nc(NC(=O)c2ccc3ccccc3n2)n1. The predicted molar refractivity (Wildman–Crippen MR) is 81.5 cm³/mol. The van der Waals surface area contributed by atoms with Gasteiger partial charge >= 0.3 is 0 Å². The maximum absolute atomic E-state index is 12.2. The van der Waals surface area contributed by atoms with E-state index in [1.807, 2.05) is 30.3 Å². The monoisotopic (exact) mass is 298 g/mol. The number of carbonyl (C=O) groups is 1. The number of halogens is 1. The van der Waals surface area contributed by atoms with Gasteiger partial charge in [-0.3, -0.25) is 10.1 Å². The van der Waals surface area contributed by atoms with Gasteiger partial charge < -0.3 is 0 Å². The summed E-state index contributed by atoms with van der Waals surface area (Å²) in [5, 5.41) is 3.85. The van der Waals surface area contributed by atoms with Crippen LogP contribution in [0, 0.1) is 6.92 Å². The molecule has 0 unspecified atom stereocenters. The molecule has 0 bridgehead atoms. The van der Waals surface area contributed by atoms with Gasteiger partial charge in [-0.15, -0.1) is 0 Å². The van der Waals surface area contributed by atoms with Gasteiger partial charge in [0.2, 0.25) is 5.95 Å². The Morgan fingerprint density at radius 2 is 1.90 bits per heavy atom. The van der Waals surface area contributed by atoms with Gasteiger partial charge in [-0.25, -0.2) is 15.0 Å². The van der Waals surface area contributed by atoms with Crippen LogP contribution >= 0.6 is 11.6 Å². The van der Waals surface area contributed by atoms with E-state index in [1.54, 1.807) is 19.1 Å². The van der Waals surface area contributed by atoms with E-state index in [-0.39, 0.29) is 17.0 Å². The van der Waals surface area contributed by atoms with Crippen molar-refractivity contribution in [2.24, 2.45) is 0 Å². The highest BCUT2D eigenvalue weighted by atomic mass is 35.5. The zero-order valence-electron chi connectivity index (χ0n) is 11.2. The molecule has 0 saturated heterocycles. The van der Waals surface area contributed by atoms with Crippen molar-refractivity contribution >= 4 is 34.4 Å². The van der Waals surface area contributed by atoms with E-state index in [4.69, 9.17) is 11.6 Å². The average molecular weight is 299 g/mol. The second-order valence-corrected chi connectivity index (χ2v) is 4.89. The molecule has 104 valence electrons. The Bertz CT molecular complexity index is 815. The van der Waals surface area contributed by atoms with Gasteiger partial charge in [0, 0.05) is 11.1 Å². The normalized spacial score (nSPS) is 10.6. The summed E-state index contributed by atoms with van der Waals surface area (Å²) in [6.45, 7) is 1.78. The predicted octanol–water partition coefficient (Wildman–Crippen LogP) is 3.24. The molecule has 0 aliphatic heterocycles. The van der Waals surface area contributed by atoms with Gasteiger partial charge in [0.05, 0.1) is 5.52 Å². The topological polar surface area (TPSA) is 67.8 Å². The number of hydrogen-bond donors (Lipinski definition) is 1. The van der Waals surface area contributed by atoms with Gasteiger partial charge in [0.25, 0.3) is 5.91 Å². The molecule has 0 atom stereocenters. The highest BCUT2D eigenvalue weighted by Crippen LogP contribution is 2.14. The van der Waals surface area contributed by atoms with Gasteiger partial charge in [0.1, 0.15) is 10.8 Å². The number of aryl methyl sites for hydroxylation is 1. The first-order valence-corrected chi connectivity index (χ1v) is 6.68. The maximum Gasteiger partial charge on any atom is 0.276 e. The first-order valence-electron chi connectivity index (χ1n) is 6.30. The van der Waals surface area contributed by atoms with Crippen molar-refractivity contribution in [3.63, 3.8) is 0 Å². The molecule has 21 heavy (non-hydrogen) atoms. The minimum absolute atomic E-state index is 0.167. The lowest BCUT2D eigenvalue weighted by Crippen LogP contribution is -2.16. The fraction of sp³-hybridized carbons (Fsp3) is 0.0667. The van der Waals surface area contributed by atoms with Gasteiger partial charge in [-0.05, 0) is 25.1 Å². The second-order valence-electron chi connectivity index (χ2n) is 4.50. The minimum Gasteiger partial charge on any atom is -0.289 e. The average Bonchev–Trinajstić information content (AvgIpc) is 2.45. The van der Waals surface area contributed by atoms with Crippen molar-refractivity contribution < 1.29 is 4.79 Å². The van der Waals surface area contributed by atoms with Crippen molar-refractivity contribution in [1.29, 1.82) is 0 Å². The minimum atomic E-state index is -0.373. The molecule has 1 N–H and O–H groups in total. The molecular weight excluding hydrogens is 288 g/mol. The van der Waals surface area contributed by atoms with Crippen LogP contribution in [0.15, 0.2) is 42.5 Å². The Morgan fingerprint density at radius 3 is 2.71 bits per heavy atom. The van der Waals surface area contributed by atoms with Crippen molar-refractivity contribution in [1.82, 2.24) is 15.0 Å². The fourth-order valence-corrected chi connectivity index (χ4v) is 2.18. The van der Waals surface area contributed by atoms with Crippen LogP contribution in [0.1, 0.15) is 16.2 Å². The molecule has 3 rings (SSSR count). The molecule has 1 amide bonds. The molecule has 6 heteroatoms. The van der Waals surface area contributed by atoms with Crippen LogP contribution in [0.4, 0.5) is 5.95 Å². The van der Waals surface area contributed by atoms with Crippen molar-refractivity contribution in [3.05, 3.63) is 59.0 Å². The number of para-hydroxylation sites is 1. The number of hydrogen-bond acceptors (Lipinski definition) is 4. The summed E-state index contributed by atoms with van der Waals surface area (Å²) >= 11 is 5.84. The van der Waals surface area contributed by atoms with Crippen LogP contribution in [0.5, 0.6) is 0 Å². The number of benzene rings is 1. The summed E-state index contributed by atoms with van der Waals surface area (Å²) in [6, 6.07) is 12.7. The Labute approximate surface area is 126 Å². The quantitative estimate of drug-likeness (QED) is 0.738. The van der Waals surface area contributed by atoms with Gasteiger partial charge in [0.15, 0.2) is 0 Å². The Kier molecular flexibility index (Phi) is 3.50. The summed E-state index contributed by atoms with van der Waals surface area (Å²) in [6.07, 6.45) is 0. The third kappa shape index (κ3) is 2.98. The van der Waals surface area contributed by atoms with E-state index in [2.05, 4.69) is 20.3 Å². The fourth-order valence-electron chi connectivity index (χ4n) is 1.94. The van der Waals surface area contributed by atoms with Gasteiger partial charge in [-0.2, -0.15) is 0 Å². The number of rotatable bonds is 2. The molecule has 0 aliphatic carbocycles. The van der Waals surface area contributed by atoms with E-state index in [0.717, 1.165) is 10.9 Å². The zero-order chi connectivity index (χ0) is 14.8. The highest BCUT2D eigenvalue weighted by molar-refractivity contribution is 6.29. The van der Waals surface area contributed by atoms with E-state index in [1.165, 1.54) is 0 Å². The third-order valence-corrected chi connectivity index (χ3v) is 3.07. The lowest BCUT2D eigenvalue weighted by molar-refractivity contribution is 0.102. The smallest absolute Gasteiger partial charge is 0.276 e. The molecule has 5 nitrogen and oxygen atoms in total. The van der Waals surface area contributed by atoms with E-state index in [0.29, 0.717) is 11.4 Å². The first kappa shape index (κ1) is 13.5. The number of nitrogens with one attached hydrogen (secondary N) is 1. The van der Waals surface area contributed by atoms with Crippen LogP contribution in [-0.4, -0.2) is 20.9 Å². The van der Waals surface area contributed by atoms with E-state index >= 15 is 0 Å². The Balaban J connectivity index is 1.89. The summed E-state index contributed by atoms with van der Waals surface area (Å²) in [5.41, 5.74) is 1.74. The van der Waals surface area contributed by atoms with E-state index in [9.17, 15) is 4.79 Å². The van der Waals surface area contributed by atoms with Crippen molar-refractivity contribution in [2.75, 3.05) is 5.32 Å². The molecule has 2 heterocycles. The lowest BCUT2D eigenvalue weighted by Gasteiger charge is -2.05. The molecule has 0 saturated carbocycles. The number of aromatic nitrogens is 3. The molecule has 1 aromatic carbocycles. The molecule has 0 fully saturated rings. The largest absolute Gasteiger partial charge is 0.289 e. The van der Waals surface area contributed by atoms with Crippen molar-refractivity contribution in [2.45, 2.75) is 6.92 Å². The molecule has 2 aromatic heterocycles. The van der Waals surface area contributed by atoms with Crippen LogP contribution in [-0.2, 0) is 0 Å². The van der Waals surface area contributed by atoms with Crippen LogP contribution in [0.2, 0.25) is 5.15 Å². The molecule has 3 aromatic rings. The number of carbonyl (C=O) groups excluding carboxylic acids is 1. The molecule has 0 radical (unpaired) electrons. The lowest BCUT2D eigenvalue weighted by atomic mass is 10.2. The Hall–Kier alpha value is -2.53. The number of anilines is 1. The first-order chi connectivity index (χ1) is 10.1. The summed E-state index contributed by atoms with van der Waals surface area (Å²) < 4.78 is 0. The maximum atomic E-state index is 12.2. The molecule has 0 spiro atoms. The number of nitrogens with zero attached hydrogens (tertiary/aromatic N) is 3. The number of fused-ring (bicyclic) bond motifs is 1. The highest BCUT2D eigenvalue weighted by Gasteiger charge is 2.11. The number of amides is 1. The third-order valence-electron chi connectivity index (χ3n) is 2.88. The van der Waals surface area contributed by atoms with Crippen molar-refractivity contribution in [3.8, 4) is 0 Å². The van der Waals surface area contributed by atoms with Gasteiger partial charge in [-0.1, -0.05) is 35.9 Å². The summed E-state index contributed by atoms with van der Waals surface area (Å²) in [5.74, 6) is -0.206. The molecular formula is C15H11ClN4O. The van der Waals surface area contributed by atoms with Crippen LogP contribution < -0.4 is 5.32 Å². The Morgan fingerprint density at radius 1 is 1.10 bits per heavy atom. The number of pyridine rings is 1. The molecule has 0 aliphatic rings. The summed E-state index contributed by atoms with van der Waals surface area (Å²) in [4.78, 5) is 24.6. The van der Waals surface area contributed by atoms with Crippen LogP contribution in [0.25, 0.3) is 10.9 Å². The standard InChI is InChI=1S/C15H11ClN4O/c1-9-8-13(16)19-15(17-9)20-14(21)12-7-6-10-4-2-3-5-11(10)18-12/h2-8H,1H3,(H,17,19,20,21). The second kappa shape index (κ2) is 5.46.